The van der Waals surface area contributed by atoms with Gasteiger partial charge in [0.2, 0.25) is 5.91 Å². The molecule has 2 rings (SSSR count). The molecule has 0 saturated carbocycles. The van der Waals surface area contributed by atoms with Crippen molar-refractivity contribution in [1.82, 2.24) is 15.2 Å². The Morgan fingerprint density at radius 1 is 1.23 bits per heavy atom. The summed E-state index contributed by atoms with van der Waals surface area (Å²) in [6, 6.07) is 8.31. The van der Waals surface area contributed by atoms with Crippen LogP contribution in [0.5, 0.6) is 0 Å². The molecule has 0 spiro atoms. The lowest BCUT2D eigenvalue weighted by molar-refractivity contribution is -0.121. The van der Waals surface area contributed by atoms with E-state index in [1.54, 1.807) is 35.8 Å². The molecular weight excluding hydrogens is 333 g/mol. The first-order valence-corrected chi connectivity index (χ1v) is 8.86. The molecule has 1 heterocycles. The molecular formula is C20H26FN3O2. The largest absolute Gasteiger partial charge is 0.354 e. The Bertz CT molecular complexity index is 798. The van der Waals surface area contributed by atoms with Crippen LogP contribution in [0.3, 0.4) is 0 Å². The molecule has 2 aromatic rings. The van der Waals surface area contributed by atoms with E-state index < -0.39 is 0 Å². The zero-order chi connectivity index (χ0) is 19.3. The van der Waals surface area contributed by atoms with Crippen LogP contribution in [0.25, 0.3) is 5.69 Å². The third kappa shape index (κ3) is 4.50. The predicted octanol–water partition coefficient (Wildman–Crippen LogP) is 3.27. The average Bonchev–Trinajstić information content (AvgIpc) is 2.90. The molecule has 0 saturated heterocycles. The molecule has 2 amide bonds. The summed E-state index contributed by atoms with van der Waals surface area (Å²) in [5, 5.41) is 5.62. The monoisotopic (exact) mass is 359 g/mol. The fourth-order valence-electron chi connectivity index (χ4n) is 2.83. The third-order valence-corrected chi connectivity index (χ3v) is 4.43. The lowest BCUT2D eigenvalue weighted by atomic mass is 10.2. The van der Waals surface area contributed by atoms with E-state index in [1.165, 1.54) is 6.07 Å². The third-order valence-electron chi connectivity index (χ3n) is 4.43. The van der Waals surface area contributed by atoms with Crippen LogP contribution in [0.15, 0.2) is 30.3 Å². The minimum atomic E-state index is -0.344. The van der Waals surface area contributed by atoms with E-state index in [9.17, 15) is 14.0 Å². The quantitative estimate of drug-likeness (QED) is 0.797. The number of hydrogen-bond acceptors (Lipinski definition) is 2. The predicted molar refractivity (Wildman–Crippen MR) is 100 cm³/mol. The van der Waals surface area contributed by atoms with Crippen LogP contribution in [-0.4, -0.2) is 29.0 Å². The summed E-state index contributed by atoms with van der Waals surface area (Å²) in [5.41, 5.74) is 2.32. The number of benzene rings is 1. The molecule has 0 bridgehead atoms. The number of para-hydroxylation sites is 1. The second kappa shape index (κ2) is 8.65. The van der Waals surface area contributed by atoms with Crippen molar-refractivity contribution in [2.24, 2.45) is 0 Å². The van der Waals surface area contributed by atoms with Gasteiger partial charge in [0.15, 0.2) is 0 Å². The first kappa shape index (κ1) is 19.7. The van der Waals surface area contributed by atoms with Crippen molar-refractivity contribution in [2.45, 2.75) is 46.6 Å². The van der Waals surface area contributed by atoms with Crippen LogP contribution < -0.4 is 10.6 Å². The highest BCUT2D eigenvalue weighted by molar-refractivity contribution is 5.96. The van der Waals surface area contributed by atoms with Crippen LogP contribution >= 0.6 is 0 Å². The fourth-order valence-corrected chi connectivity index (χ4v) is 2.83. The first-order chi connectivity index (χ1) is 12.3. The molecule has 1 aromatic heterocycles. The molecule has 0 aliphatic carbocycles. The average molecular weight is 359 g/mol. The van der Waals surface area contributed by atoms with E-state index in [-0.39, 0.29) is 36.6 Å². The Morgan fingerprint density at radius 3 is 2.58 bits per heavy atom. The summed E-state index contributed by atoms with van der Waals surface area (Å²) in [7, 11) is 0. The summed E-state index contributed by atoms with van der Waals surface area (Å²) in [6.07, 6.45) is 1.09. The second-order valence-corrected chi connectivity index (χ2v) is 6.45. The SMILES string of the molecule is CCC(C)NC(=O)CCNC(=O)c1cc(C)n(-c2ccccc2F)c1C. The number of halogens is 1. The number of rotatable bonds is 7. The van der Waals surface area contributed by atoms with Gasteiger partial charge in [-0.25, -0.2) is 4.39 Å². The van der Waals surface area contributed by atoms with Gasteiger partial charge in [-0.05, 0) is 45.4 Å². The van der Waals surface area contributed by atoms with E-state index in [0.29, 0.717) is 16.9 Å². The highest BCUT2D eigenvalue weighted by Crippen LogP contribution is 2.22. The van der Waals surface area contributed by atoms with Gasteiger partial charge in [-0.1, -0.05) is 19.1 Å². The highest BCUT2D eigenvalue weighted by Gasteiger charge is 2.18. The topological polar surface area (TPSA) is 63.1 Å². The van der Waals surface area contributed by atoms with Gasteiger partial charge < -0.3 is 15.2 Å². The van der Waals surface area contributed by atoms with Gasteiger partial charge in [0, 0.05) is 30.4 Å². The van der Waals surface area contributed by atoms with Gasteiger partial charge >= 0.3 is 0 Å². The maximum atomic E-state index is 14.1. The molecule has 5 nitrogen and oxygen atoms in total. The number of aryl methyl sites for hydroxylation is 1. The van der Waals surface area contributed by atoms with Crippen molar-refractivity contribution in [3.05, 3.63) is 53.1 Å². The van der Waals surface area contributed by atoms with E-state index in [4.69, 9.17) is 0 Å². The summed E-state index contributed by atoms with van der Waals surface area (Å²) >= 11 is 0. The normalized spacial score (nSPS) is 11.9. The molecule has 140 valence electrons. The number of aromatic nitrogens is 1. The summed E-state index contributed by atoms with van der Waals surface area (Å²) in [6.45, 7) is 7.80. The number of hydrogen-bond donors (Lipinski definition) is 2. The molecule has 6 heteroatoms. The van der Waals surface area contributed by atoms with Crippen molar-refractivity contribution in [2.75, 3.05) is 6.54 Å². The van der Waals surface area contributed by atoms with Gasteiger partial charge in [0.1, 0.15) is 5.82 Å². The lowest BCUT2D eigenvalue weighted by Gasteiger charge is -2.12. The van der Waals surface area contributed by atoms with E-state index in [1.807, 2.05) is 20.8 Å². The standard InChI is InChI=1S/C20H26FN3O2/c1-5-13(2)23-19(25)10-11-22-20(26)16-12-14(3)24(15(16)4)18-9-7-6-8-17(18)21/h6-9,12-13H,5,10-11H2,1-4H3,(H,22,26)(H,23,25). The zero-order valence-electron chi connectivity index (χ0n) is 15.7. The Morgan fingerprint density at radius 2 is 1.92 bits per heavy atom. The maximum Gasteiger partial charge on any atom is 0.253 e. The maximum absolute atomic E-state index is 14.1. The number of amides is 2. The van der Waals surface area contributed by atoms with Crippen LogP contribution in [0, 0.1) is 19.7 Å². The summed E-state index contributed by atoms with van der Waals surface area (Å²) in [4.78, 5) is 24.2. The Balaban J connectivity index is 2.06. The number of nitrogens with one attached hydrogen (secondary N) is 2. The molecule has 1 aromatic carbocycles. The molecule has 1 atom stereocenters. The molecule has 1 unspecified atom stereocenters. The van der Waals surface area contributed by atoms with Gasteiger partial charge in [-0.3, -0.25) is 9.59 Å². The van der Waals surface area contributed by atoms with Crippen molar-refractivity contribution in [3.63, 3.8) is 0 Å². The van der Waals surface area contributed by atoms with Crippen LogP contribution in [0.2, 0.25) is 0 Å². The summed E-state index contributed by atoms with van der Waals surface area (Å²) < 4.78 is 15.8. The number of nitrogens with zero attached hydrogens (tertiary/aromatic N) is 1. The lowest BCUT2D eigenvalue weighted by Crippen LogP contribution is -2.35. The molecule has 0 radical (unpaired) electrons. The molecule has 0 fully saturated rings. The Kier molecular flexibility index (Phi) is 6.55. The molecule has 0 aliphatic heterocycles. The number of carbonyl (C=O) groups excluding carboxylic acids is 2. The molecule has 0 aliphatic rings. The van der Waals surface area contributed by atoms with Gasteiger partial charge in [-0.15, -0.1) is 0 Å². The van der Waals surface area contributed by atoms with Gasteiger partial charge in [0.25, 0.3) is 5.91 Å². The van der Waals surface area contributed by atoms with Crippen molar-refractivity contribution < 1.29 is 14.0 Å². The summed E-state index contributed by atoms with van der Waals surface area (Å²) in [5.74, 6) is -0.698. The van der Waals surface area contributed by atoms with Crippen molar-refractivity contribution >= 4 is 11.8 Å². The van der Waals surface area contributed by atoms with Crippen molar-refractivity contribution in [3.8, 4) is 5.69 Å². The Labute approximate surface area is 153 Å². The van der Waals surface area contributed by atoms with Crippen LogP contribution in [0.1, 0.15) is 48.4 Å². The second-order valence-electron chi connectivity index (χ2n) is 6.45. The zero-order valence-corrected chi connectivity index (χ0v) is 15.7. The van der Waals surface area contributed by atoms with E-state index in [2.05, 4.69) is 10.6 Å². The van der Waals surface area contributed by atoms with E-state index in [0.717, 1.165) is 12.1 Å². The van der Waals surface area contributed by atoms with Gasteiger partial charge in [-0.2, -0.15) is 0 Å². The minimum absolute atomic E-state index is 0.0866. The number of carbonyl (C=O) groups is 2. The van der Waals surface area contributed by atoms with Crippen LogP contribution in [0.4, 0.5) is 4.39 Å². The smallest absolute Gasteiger partial charge is 0.253 e. The highest BCUT2D eigenvalue weighted by atomic mass is 19.1. The molecule has 2 N–H and O–H groups in total. The van der Waals surface area contributed by atoms with Crippen molar-refractivity contribution in [1.29, 1.82) is 0 Å². The minimum Gasteiger partial charge on any atom is -0.354 e. The van der Waals surface area contributed by atoms with Crippen LogP contribution in [-0.2, 0) is 4.79 Å². The van der Waals surface area contributed by atoms with E-state index >= 15 is 0 Å². The molecule has 26 heavy (non-hydrogen) atoms. The Hall–Kier alpha value is -2.63. The fraction of sp³-hybridized carbons (Fsp3) is 0.400. The van der Waals surface area contributed by atoms with Gasteiger partial charge in [0.05, 0.1) is 11.3 Å². The first-order valence-electron chi connectivity index (χ1n) is 8.86.